The standard InChI is InChI=1S/C27H22N4O2S2/c1-17-23(18-8-4-2-5-9-18)24-25(33)30-27(31-26(24)35-17)34-16-22(32)29-21-14-12-20(13-15-21)28-19-10-6-3-7-11-19/h2-15,28H,16H2,1H3,(H,29,32)(H,30,31,33). The van der Waals surface area contributed by atoms with Crippen LogP contribution in [-0.4, -0.2) is 21.6 Å². The SMILES string of the molecule is Cc1sc2nc(SCC(=O)Nc3ccc(Nc4ccccc4)cc3)[nH]c(=O)c2c1-c1ccccc1. The molecule has 0 spiro atoms. The molecule has 8 heteroatoms. The maximum atomic E-state index is 12.9. The zero-order chi connectivity index (χ0) is 24.2. The van der Waals surface area contributed by atoms with Gasteiger partial charge in [-0.3, -0.25) is 9.59 Å². The monoisotopic (exact) mass is 498 g/mol. The quantitative estimate of drug-likeness (QED) is 0.178. The Morgan fingerprint density at radius 3 is 2.26 bits per heavy atom. The molecule has 3 aromatic carbocycles. The zero-order valence-electron chi connectivity index (χ0n) is 18.9. The van der Waals surface area contributed by atoms with Crippen LogP contribution < -0.4 is 16.2 Å². The number of nitrogens with one attached hydrogen (secondary N) is 3. The van der Waals surface area contributed by atoms with E-state index in [1.807, 2.05) is 91.9 Å². The lowest BCUT2D eigenvalue weighted by Gasteiger charge is -2.08. The van der Waals surface area contributed by atoms with Gasteiger partial charge >= 0.3 is 0 Å². The smallest absolute Gasteiger partial charge is 0.260 e. The number of aromatic nitrogens is 2. The molecule has 2 heterocycles. The molecule has 0 unspecified atom stereocenters. The number of thiophene rings is 1. The minimum absolute atomic E-state index is 0.133. The minimum atomic E-state index is -0.192. The molecule has 0 aliphatic rings. The van der Waals surface area contributed by atoms with E-state index in [1.54, 1.807) is 0 Å². The molecular formula is C27H22N4O2S2. The highest BCUT2D eigenvalue weighted by molar-refractivity contribution is 7.99. The highest BCUT2D eigenvalue weighted by Crippen LogP contribution is 2.35. The Morgan fingerprint density at radius 1 is 0.914 bits per heavy atom. The summed E-state index contributed by atoms with van der Waals surface area (Å²) in [6, 6.07) is 27.2. The van der Waals surface area contributed by atoms with E-state index < -0.39 is 0 Å². The van der Waals surface area contributed by atoms with E-state index >= 15 is 0 Å². The summed E-state index contributed by atoms with van der Waals surface area (Å²) >= 11 is 2.70. The summed E-state index contributed by atoms with van der Waals surface area (Å²) in [6.07, 6.45) is 0. The molecule has 174 valence electrons. The van der Waals surface area contributed by atoms with E-state index in [0.717, 1.165) is 27.4 Å². The first kappa shape index (κ1) is 22.9. The molecule has 0 bridgehead atoms. The van der Waals surface area contributed by atoms with Crippen molar-refractivity contribution in [2.24, 2.45) is 0 Å². The van der Waals surface area contributed by atoms with Crippen LogP contribution in [-0.2, 0) is 4.79 Å². The summed E-state index contributed by atoms with van der Waals surface area (Å²) in [5.74, 6) is -0.0391. The third-order valence-corrected chi connectivity index (χ3v) is 7.22. The molecule has 1 amide bonds. The van der Waals surface area contributed by atoms with E-state index in [-0.39, 0.29) is 17.2 Å². The number of amides is 1. The summed E-state index contributed by atoms with van der Waals surface area (Å²) in [4.78, 5) is 34.5. The number of fused-ring (bicyclic) bond motifs is 1. The molecule has 0 aliphatic carbocycles. The Bertz CT molecular complexity index is 1530. The van der Waals surface area contributed by atoms with Gasteiger partial charge in [0.15, 0.2) is 5.16 Å². The molecule has 0 saturated heterocycles. The minimum Gasteiger partial charge on any atom is -0.356 e. The topological polar surface area (TPSA) is 86.9 Å². The lowest BCUT2D eigenvalue weighted by molar-refractivity contribution is -0.113. The lowest BCUT2D eigenvalue weighted by Crippen LogP contribution is -2.15. The summed E-state index contributed by atoms with van der Waals surface area (Å²) in [7, 11) is 0. The van der Waals surface area contributed by atoms with Crippen molar-refractivity contribution in [1.82, 2.24) is 9.97 Å². The summed E-state index contributed by atoms with van der Waals surface area (Å²) < 4.78 is 0. The Morgan fingerprint density at radius 2 is 1.54 bits per heavy atom. The van der Waals surface area contributed by atoms with Crippen molar-refractivity contribution < 1.29 is 4.79 Å². The van der Waals surface area contributed by atoms with Gasteiger partial charge in [0.1, 0.15) is 4.83 Å². The maximum absolute atomic E-state index is 12.9. The van der Waals surface area contributed by atoms with Gasteiger partial charge in [-0.05, 0) is 48.9 Å². The second-order valence-corrected chi connectivity index (χ2v) is 10.0. The average Bonchev–Trinajstić information content (AvgIpc) is 3.21. The van der Waals surface area contributed by atoms with Gasteiger partial charge in [0.05, 0.1) is 11.1 Å². The second-order valence-electron chi connectivity index (χ2n) is 7.86. The molecule has 0 saturated carbocycles. The molecule has 5 rings (SSSR count). The van der Waals surface area contributed by atoms with Gasteiger partial charge in [-0.15, -0.1) is 11.3 Å². The van der Waals surface area contributed by atoms with E-state index in [0.29, 0.717) is 21.1 Å². The molecule has 0 atom stereocenters. The third-order valence-electron chi connectivity index (χ3n) is 5.35. The Balaban J connectivity index is 1.24. The zero-order valence-corrected chi connectivity index (χ0v) is 20.5. The highest BCUT2D eigenvalue weighted by atomic mass is 32.2. The number of aromatic amines is 1. The molecule has 3 N–H and O–H groups in total. The number of anilines is 3. The van der Waals surface area contributed by atoms with Gasteiger partial charge in [-0.1, -0.05) is 60.3 Å². The average molecular weight is 499 g/mol. The highest BCUT2D eigenvalue weighted by Gasteiger charge is 2.17. The van der Waals surface area contributed by atoms with Gasteiger partial charge in [-0.2, -0.15) is 0 Å². The number of para-hydroxylation sites is 1. The largest absolute Gasteiger partial charge is 0.356 e. The van der Waals surface area contributed by atoms with Gasteiger partial charge in [-0.25, -0.2) is 4.98 Å². The van der Waals surface area contributed by atoms with E-state index in [1.165, 1.54) is 23.1 Å². The fourth-order valence-corrected chi connectivity index (χ4v) is 5.54. The maximum Gasteiger partial charge on any atom is 0.260 e. The van der Waals surface area contributed by atoms with E-state index in [2.05, 4.69) is 20.6 Å². The Labute approximate surface area is 210 Å². The third kappa shape index (κ3) is 5.29. The van der Waals surface area contributed by atoms with Crippen molar-refractivity contribution in [2.45, 2.75) is 12.1 Å². The van der Waals surface area contributed by atoms with Gasteiger partial charge in [0, 0.05) is 27.5 Å². The number of H-pyrrole nitrogens is 1. The molecule has 5 aromatic rings. The van der Waals surface area contributed by atoms with Crippen LogP contribution >= 0.6 is 23.1 Å². The number of nitrogens with zero attached hydrogens (tertiary/aromatic N) is 1. The van der Waals surface area contributed by atoms with Crippen molar-refractivity contribution >= 4 is 56.3 Å². The van der Waals surface area contributed by atoms with Gasteiger partial charge in [0.25, 0.3) is 5.56 Å². The van der Waals surface area contributed by atoms with Crippen LogP contribution in [0.3, 0.4) is 0 Å². The van der Waals surface area contributed by atoms with Crippen molar-refractivity contribution in [1.29, 1.82) is 0 Å². The molecular weight excluding hydrogens is 476 g/mol. The van der Waals surface area contributed by atoms with Crippen LogP contribution in [0, 0.1) is 6.92 Å². The van der Waals surface area contributed by atoms with Crippen LogP contribution in [0.4, 0.5) is 17.1 Å². The summed E-state index contributed by atoms with van der Waals surface area (Å²) in [6.45, 7) is 2.00. The summed E-state index contributed by atoms with van der Waals surface area (Å²) in [5, 5.41) is 7.22. The number of hydrogen-bond acceptors (Lipinski definition) is 6. The number of aryl methyl sites for hydroxylation is 1. The van der Waals surface area contributed by atoms with Crippen LogP contribution in [0.1, 0.15) is 4.88 Å². The first-order chi connectivity index (χ1) is 17.1. The van der Waals surface area contributed by atoms with Crippen molar-refractivity contribution in [3.05, 3.63) is 100 Å². The first-order valence-electron chi connectivity index (χ1n) is 11.0. The molecule has 35 heavy (non-hydrogen) atoms. The molecule has 2 aromatic heterocycles. The van der Waals surface area contributed by atoms with E-state index in [9.17, 15) is 9.59 Å². The lowest BCUT2D eigenvalue weighted by atomic mass is 10.0. The number of hydrogen-bond donors (Lipinski definition) is 3. The Hall–Kier alpha value is -3.88. The van der Waals surface area contributed by atoms with Crippen molar-refractivity contribution in [3.63, 3.8) is 0 Å². The predicted octanol–water partition coefficient (Wildman–Crippen LogP) is 6.43. The number of rotatable bonds is 7. The number of carbonyl (C=O) groups is 1. The van der Waals surface area contributed by atoms with Crippen LogP contribution in [0.5, 0.6) is 0 Å². The second kappa shape index (κ2) is 10.2. The van der Waals surface area contributed by atoms with Crippen LogP contribution in [0.25, 0.3) is 21.3 Å². The fourth-order valence-electron chi connectivity index (χ4n) is 3.78. The van der Waals surface area contributed by atoms with Crippen LogP contribution in [0.2, 0.25) is 0 Å². The molecule has 0 aliphatic heterocycles. The fraction of sp³-hybridized carbons (Fsp3) is 0.0741. The van der Waals surface area contributed by atoms with Gasteiger partial charge < -0.3 is 15.6 Å². The van der Waals surface area contributed by atoms with Crippen molar-refractivity contribution in [3.8, 4) is 11.1 Å². The van der Waals surface area contributed by atoms with E-state index in [4.69, 9.17) is 0 Å². The van der Waals surface area contributed by atoms with Crippen molar-refractivity contribution in [2.75, 3.05) is 16.4 Å². The van der Waals surface area contributed by atoms with Gasteiger partial charge in [0.2, 0.25) is 5.91 Å². The normalized spacial score (nSPS) is 10.9. The number of carbonyl (C=O) groups excluding carboxylic acids is 1. The summed E-state index contributed by atoms with van der Waals surface area (Å²) in [5.41, 5.74) is 4.35. The molecule has 0 fully saturated rings. The first-order valence-corrected chi connectivity index (χ1v) is 12.8. The Kier molecular flexibility index (Phi) is 6.65. The predicted molar refractivity (Wildman–Crippen MR) is 146 cm³/mol. The number of benzene rings is 3. The van der Waals surface area contributed by atoms with Crippen LogP contribution in [0.15, 0.2) is 94.9 Å². The molecule has 6 nitrogen and oxygen atoms in total. The number of thioether (sulfide) groups is 1. The molecule has 0 radical (unpaired) electrons.